The van der Waals surface area contributed by atoms with Crippen LogP contribution in [-0.2, 0) is 6.42 Å². The molecule has 124 valence electrons. The van der Waals surface area contributed by atoms with Gasteiger partial charge in [0.2, 0.25) is 0 Å². The average Bonchev–Trinajstić information content (AvgIpc) is 2.95. The van der Waals surface area contributed by atoms with Crippen molar-refractivity contribution < 1.29 is 4.79 Å². The highest BCUT2D eigenvalue weighted by molar-refractivity contribution is 6.30. The Bertz CT molecular complexity index is 679. The Morgan fingerprint density at radius 2 is 2.09 bits per heavy atom. The van der Waals surface area contributed by atoms with Crippen molar-refractivity contribution in [3.63, 3.8) is 0 Å². The van der Waals surface area contributed by atoms with Gasteiger partial charge in [0.15, 0.2) is 0 Å². The van der Waals surface area contributed by atoms with Crippen LogP contribution in [0.2, 0.25) is 5.02 Å². The van der Waals surface area contributed by atoms with Gasteiger partial charge in [0, 0.05) is 18.1 Å². The summed E-state index contributed by atoms with van der Waals surface area (Å²) in [6.07, 6.45) is 2.40. The van der Waals surface area contributed by atoms with Crippen molar-refractivity contribution in [3.8, 4) is 5.69 Å². The van der Waals surface area contributed by atoms with Gasteiger partial charge in [0.1, 0.15) is 0 Å². The van der Waals surface area contributed by atoms with Crippen molar-refractivity contribution in [2.24, 2.45) is 5.92 Å². The number of hydrogen-bond donors (Lipinski definition) is 0. The molecule has 1 heterocycles. The smallest absolute Gasteiger partial charge is 0.257 e. The summed E-state index contributed by atoms with van der Waals surface area (Å²) in [7, 11) is 0. The van der Waals surface area contributed by atoms with E-state index in [4.69, 9.17) is 11.6 Å². The van der Waals surface area contributed by atoms with Crippen LogP contribution < -0.4 is 0 Å². The molecular weight excluding hydrogens is 310 g/mol. The second-order valence-electron chi connectivity index (χ2n) is 5.99. The first-order chi connectivity index (χ1) is 11.0. The molecule has 0 aliphatic carbocycles. The number of nitrogens with zero attached hydrogens (tertiary/aromatic N) is 3. The standard InChI is InChI=1S/C18H24ClN3O/c1-5-17-16(18(23)21(6-2)12-13(3)4)11-20-22(17)15-9-7-8-14(19)10-15/h7-11,13H,5-6,12H2,1-4H3. The number of rotatable bonds is 6. The molecule has 0 aliphatic heterocycles. The van der Waals surface area contributed by atoms with Gasteiger partial charge in [-0.1, -0.05) is 38.4 Å². The summed E-state index contributed by atoms with van der Waals surface area (Å²) in [6, 6.07) is 7.51. The van der Waals surface area contributed by atoms with Gasteiger partial charge in [0.05, 0.1) is 23.1 Å². The van der Waals surface area contributed by atoms with Crippen molar-refractivity contribution in [1.29, 1.82) is 0 Å². The molecule has 0 saturated heterocycles. The molecule has 0 atom stereocenters. The van der Waals surface area contributed by atoms with Crippen molar-refractivity contribution >= 4 is 17.5 Å². The normalized spacial score (nSPS) is 11.0. The molecule has 2 aromatic rings. The molecule has 1 amide bonds. The van der Waals surface area contributed by atoms with Crippen LogP contribution in [0.25, 0.3) is 5.69 Å². The van der Waals surface area contributed by atoms with Gasteiger partial charge < -0.3 is 4.90 Å². The maximum absolute atomic E-state index is 12.8. The minimum absolute atomic E-state index is 0.0475. The molecule has 0 spiro atoms. The summed E-state index contributed by atoms with van der Waals surface area (Å²) < 4.78 is 1.81. The minimum atomic E-state index is 0.0475. The van der Waals surface area contributed by atoms with E-state index >= 15 is 0 Å². The minimum Gasteiger partial charge on any atom is -0.339 e. The van der Waals surface area contributed by atoms with Gasteiger partial charge >= 0.3 is 0 Å². The summed E-state index contributed by atoms with van der Waals surface area (Å²) in [5, 5.41) is 5.08. The second kappa shape index (κ2) is 7.64. The molecule has 23 heavy (non-hydrogen) atoms. The van der Waals surface area contributed by atoms with E-state index in [-0.39, 0.29) is 5.91 Å². The summed E-state index contributed by atoms with van der Waals surface area (Å²) in [6.45, 7) is 9.72. The molecule has 1 aromatic carbocycles. The van der Waals surface area contributed by atoms with E-state index in [1.165, 1.54) is 0 Å². The molecule has 0 bridgehead atoms. The number of amides is 1. The zero-order valence-corrected chi connectivity index (χ0v) is 15.0. The van der Waals surface area contributed by atoms with E-state index in [9.17, 15) is 4.79 Å². The van der Waals surface area contributed by atoms with Gasteiger partial charge in [-0.2, -0.15) is 5.10 Å². The van der Waals surface area contributed by atoms with Crippen molar-refractivity contribution in [3.05, 3.63) is 46.7 Å². The Morgan fingerprint density at radius 1 is 1.35 bits per heavy atom. The molecule has 2 rings (SSSR count). The number of halogens is 1. The van der Waals surface area contributed by atoms with Gasteiger partial charge in [-0.05, 0) is 37.5 Å². The van der Waals surface area contributed by atoms with Crippen LogP contribution in [0.1, 0.15) is 43.7 Å². The molecular formula is C18H24ClN3O. The zero-order chi connectivity index (χ0) is 17.0. The molecule has 4 nitrogen and oxygen atoms in total. The Hall–Kier alpha value is -1.81. The lowest BCUT2D eigenvalue weighted by Crippen LogP contribution is -2.34. The fourth-order valence-electron chi connectivity index (χ4n) is 2.69. The topological polar surface area (TPSA) is 38.1 Å². The maximum Gasteiger partial charge on any atom is 0.257 e. The Morgan fingerprint density at radius 3 is 2.65 bits per heavy atom. The summed E-state index contributed by atoms with van der Waals surface area (Å²) in [5.41, 5.74) is 2.47. The van der Waals surface area contributed by atoms with Crippen LogP contribution in [-0.4, -0.2) is 33.7 Å². The third kappa shape index (κ3) is 3.94. The number of aromatic nitrogens is 2. The molecule has 0 radical (unpaired) electrons. The molecule has 5 heteroatoms. The summed E-state index contributed by atoms with van der Waals surface area (Å²) in [5.74, 6) is 0.485. The lowest BCUT2D eigenvalue weighted by atomic mass is 10.1. The molecule has 0 N–H and O–H groups in total. The average molecular weight is 334 g/mol. The maximum atomic E-state index is 12.8. The van der Waals surface area contributed by atoms with Crippen molar-refractivity contribution in [1.82, 2.24) is 14.7 Å². The molecule has 0 unspecified atom stereocenters. The third-order valence-corrected chi connectivity index (χ3v) is 3.98. The monoisotopic (exact) mass is 333 g/mol. The number of hydrogen-bond acceptors (Lipinski definition) is 2. The van der Waals surface area contributed by atoms with Gasteiger partial charge in [-0.15, -0.1) is 0 Å². The van der Waals surface area contributed by atoms with E-state index in [2.05, 4.69) is 18.9 Å². The Kier molecular flexibility index (Phi) is 5.83. The molecule has 1 aromatic heterocycles. The number of carbonyl (C=O) groups is 1. The van der Waals surface area contributed by atoms with Crippen molar-refractivity contribution in [2.45, 2.75) is 34.1 Å². The van der Waals surface area contributed by atoms with Crippen LogP contribution in [0.4, 0.5) is 0 Å². The highest BCUT2D eigenvalue weighted by Gasteiger charge is 2.22. The number of benzene rings is 1. The zero-order valence-electron chi connectivity index (χ0n) is 14.2. The van der Waals surface area contributed by atoms with Crippen LogP contribution in [0.15, 0.2) is 30.5 Å². The van der Waals surface area contributed by atoms with Gasteiger partial charge in [0.25, 0.3) is 5.91 Å². The quantitative estimate of drug-likeness (QED) is 0.794. The first-order valence-electron chi connectivity index (χ1n) is 8.10. The fourth-order valence-corrected chi connectivity index (χ4v) is 2.87. The lowest BCUT2D eigenvalue weighted by Gasteiger charge is -2.23. The highest BCUT2D eigenvalue weighted by atomic mass is 35.5. The predicted molar refractivity (Wildman–Crippen MR) is 94.4 cm³/mol. The fraction of sp³-hybridized carbons (Fsp3) is 0.444. The largest absolute Gasteiger partial charge is 0.339 e. The van der Waals surface area contributed by atoms with Gasteiger partial charge in [-0.3, -0.25) is 4.79 Å². The van der Waals surface area contributed by atoms with Gasteiger partial charge in [-0.25, -0.2) is 4.68 Å². The highest BCUT2D eigenvalue weighted by Crippen LogP contribution is 2.20. The van der Waals surface area contributed by atoms with Crippen molar-refractivity contribution in [2.75, 3.05) is 13.1 Å². The van der Waals surface area contributed by atoms with E-state index in [0.717, 1.165) is 24.3 Å². The lowest BCUT2D eigenvalue weighted by molar-refractivity contribution is 0.0744. The van der Waals surface area contributed by atoms with E-state index in [1.54, 1.807) is 6.20 Å². The van der Waals surface area contributed by atoms with Crippen LogP contribution in [0.3, 0.4) is 0 Å². The Balaban J connectivity index is 2.39. The first-order valence-corrected chi connectivity index (χ1v) is 8.47. The summed E-state index contributed by atoms with van der Waals surface area (Å²) in [4.78, 5) is 14.7. The second-order valence-corrected chi connectivity index (χ2v) is 6.42. The van der Waals surface area contributed by atoms with Crippen LogP contribution in [0.5, 0.6) is 0 Å². The van der Waals surface area contributed by atoms with E-state index < -0.39 is 0 Å². The number of carbonyl (C=O) groups excluding carboxylic acids is 1. The third-order valence-electron chi connectivity index (χ3n) is 3.74. The molecule has 0 saturated carbocycles. The van der Waals surface area contributed by atoms with Crippen LogP contribution in [0, 0.1) is 5.92 Å². The van der Waals surface area contributed by atoms with E-state index in [0.29, 0.717) is 23.0 Å². The van der Waals surface area contributed by atoms with E-state index in [1.807, 2.05) is 47.7 Å². The Labute approximate surface area is 143 Å². The first kappa shape index (κ1) is 17.5. The predicted octanol–water partition coefficient (Wildman–Crippen LogP) is 4.21. The SMILES string of the molecule is CCc1c(C(=O)N(CC)CC(C)C)cnn1-c1cccc(Cl)c1. The molecule has 0 fully saturated rings. The summed E-state index contributed by atoms with van der Waals surface area (Å²) >= 11 is 6.07. The van der Waals surface area contributed by atoms with Crippen LogP contribution >= 0.6 is 11.6 Å². The molecule has 0 aliphatic rings.